The number of fused-ring (bicyclic) bond motifs is 1. The molecule has 1 aliphatic heterocycles. The summed E-state index contributed by atoms with van der Waals surface area (Å²) < 4.78 is 20.0. The number of hydrogen-bond donors (Lipinski definition) is 3. The summed E-state index contributed by atoms with van der Waals surface area (Å²) in [5.74, 6) is -0.0378. The van der Waals surface area contributed by atoms with Gasteiger partial charge in [-0.3, -0.25) is 4.79 Å². The van der Waals surface area contributed by atoms with Crippen LogP contribution in [-0.2, 0) is 9.53 Å². The smallest absolute Gasteiger partial charge is 0.249 e. The number of aromatic nitrogens is 4. The van der Waals surface area contributed by atoms with Gasteiger partial charge in [-0.1, -0.05) is 11.6 Å². The highest BCUT2D eigenvalue weighted by atomic mass is 35.5. The largest absolute Gasteiger partial charge is 0.368 e. The van der Waals surface area contributed by atoms with Crippen LogP contribution in [0, 0.1) is 5.82 Å². The van der Waals surface area contributed by atoms with Gasteiger partial charge in [0.1, 0.15) is 11.8 Å². The molecule has 0 spiro atoms. The SMILES string of the molecule is O=C(NC1CCCC(Nc2nc(-c3c[nH]c4ncc(Cl)cc34)ncc2F)C1)C1CCCO1. The molecule has 1 aliphatic carbocycles. The zero-order valence-electron chi connectivity index (χ0n) is 17.4. The number of ether oxygens (including phenoxy) is 1. The Labute approximate surface area is 189 Å². The minimum atomic E-state index is -0.518. The van der Waals surface area contributed by atoms with E-state index in [1.807, 2.05) is 0 Å². The van der Waals surface area contributed by atoms with E-state index >= 15 is 0 Å². The summed E-state index contributed by atoms with van der Waals surface area (Å²) in [6, 6.07) is 1.80. The van der Waals surface area contributed by atoms with Crippen LogP contribution < -0.4 is 10.6 Å². The summed E-state index contributed by atoms with van der Waals surface area (Å²) in [7, 11) is 0. The average Bonchev–Trinajstić information content (AvgIpc) is 3.46. The number of halogens is 2. The maximum Gasteiger partial charge on any atom is 0.249 e. The Hall–Kier alpha value is -2.78. The van der Waals surface area contributed by atoms with Gasteiger partial charge >= 0.3 is 0 Å². The summed E-state index contributed by atoms with van der Waals surface area (Å²) >= 11 is 6.08. The van der Waals surface area contributed by atoms with Crippen molar-refractivity contribution < 1.29 is 13.9 Å². The highest BCUT2D eigenvalue weighted by molar-refractivity contribution is 6.31. The monoisotopic (exact) mass is 458 g/mol. The number of H-pyrrole nitrogens is 1. The van der Waals surface area contributed by atoms with E-state index in [-0.39, 0.29) is 29.9 Å². The zero-order chi connectivity index (χ0) is 22.1. The van der Waals surface area contributed by atoms with Crippen LogP contribution in [0.3, 0.4) is 0 Å². The number of rotatable bonds is 5. The summed E-state index contributed by atoms with van der Waals surface area (Å²) in [6.45, 7) is 0.640. The number of hydrogen-bond acceptors (Lipinski definition) is 6. The Morgan fingerprint density at radius 3 is 2.91 bits per heavy atom. The molecule has 0 radical (unpaired) electrons. The van der Waals surface area contributed by atoms with Crippen LogP contribution in [0.5, 0.6) is 0 Å². The molecule has 1 saturated heterocycles. The predicted molar refractivity (Wildman–Crippen MR) is 119 cm³/mol. The van der Waals surface area contributed by atoms with Gasteiger partial charge in [-0.05, 0) is 44.6 Å². The maximum atomic E-state index is 14.5. The highest BCUT2D eigenvalue weighted by Gasteiger charge is 2.29. The second-order valence-electron chi connectivity index (χ2n) is 8.36. The lowest BCUT2D eigenvalue weighted by Gasteiger charge is -2.31. The van der Waals surface area contributed by atoms with Gasteiger partial charge in [0.05, 0.1) is 11.2 Å². The molecule has 3 aromatic heterocycles. The third-order valence-corrected chi connectivity index (χ3v) is 6.27. The standard InChI is InChI=1S/C22H24ClFN6O2/c23-12-7-15-16(10-26-19(15)25-9-12)20-27-11-17(24)21(30-20)28-13-3-1-4-14(8-13)29-22(31)18-5-2-6-32-18/h7,9-11,13-14,18H,1-6,8H2,(H,25,26)(H,29,31)(H,27,28,30). The number of amides is 1. The minimum absolute atomic E-state index is 0.00474. The minimum Gasteiger partial charge on any atom is -0.368 e. The molecule has 3 N–H and O–H groups in total. The summed E-state index contributed by atoms with van der Waals surface area (Å²) in [5, 5.41) is 7.58. The van der Waals surface area contributed by atoms with Crippen LogP contribution in [0.15, 0.2) is 24.7 Å². The number of anilines is 1. The molecule has 3 atom stereocenters. The van der Waals surface area contributed by atoms with Gasteiger partial charge in [0.15, 0.2) is 17.5 Å². The van der Waals surface area contributed by atoms with Crippen LogP contribution in [0.1, 0.15) is 38.5 Å². The van der Waals surface area contributed by atoms with Crippen molar-refractivity contribution in [1.82, 2.24) is 25.3 Å². The lowest BCUT2D eigenvalue weighted by atomic mass is 9.90. The number of nitrogens with one attached hydrogen (secondary N) is 3. The fourth-order valence-electron chi connectivity index (χ4n) is 4.48. The van der Waals surface area contributed by atoms with Gasteiger partial charge in [0, 0.05) is 42.0 Å². The van der Waals surface area contributed by atoms with Crippen molar-refractivity contribution in [3.05, 3.63) is 35.5 Å². The summed E-state index contributed by atoms with van der Waals surface area (Å²) in [6.07, 6.45) is 9.21. The molecular weight excluding hydrogens is 435 g/mol. The molecule has 4 heterocycles. The first-order valence-corrected chi connectivity index (χ1v) is 11.3. The number of pyridine rings is 1. The molecule has 2 fully saturated rings. The van der Waals surface area contributed by atoms with Crippen LogP contribution in [0.2, 0.25) is 5.02 Å². The van der Waals surface area contributed by atoms with E-state index in [0.717, 1.165) is 37.5 Å². The molecular formula is C22H24ClFN6O2. The topological polar surface area (TPSA) is 105 Å². The quantitative estimate of drug-likeness (QED) is 0.536. The highest BCUT2D eigenvalue weighted by Crippen LogP contribution is 2.29. The predicted octanol–water partition coefficient (Wildman–Crippen LogP) is 3.83. The maximum absolute atomic E-state index is 14.5. The molecule has 3 unspecified atom stereocenters. The van der Waals surface area contributed by atoms with Gasteiger partial charge in [-0.2, -0.15) is 0 Å². The fraction of sp³-hybridized carbons (Fsp3) is 0.455. The van der Waals surface area contributed by atoms with Crippen molar-refractivity contribution >= 4 is 34.4 Å². The first kappa shape index (κ1) is 21.1. The number of aromatic amines is 1. The molecule has 0 aromatic carbocycles. The number of nitrogens with zero attached hydrogens (tertiary/aromatic N) is 3. The van der Waals surface area contributed by atoms with Gasteiger partial charge in [-0.15, -0.1) is 0 Å². The lowest BCUT2D eigenvalue weighted by molar-refractivity contribution is -0.131. The molecule has 8 nitrogen and oxygen atoms in total. The fourth-order valence-corrected chi connectivity index (χ4v) is 4.64. The molecule has 3 aromatic rings. The van der Waals surface area contributed by atoms with E-state index in [1.165, 1.54) is 6.20 Å². The van der Waals surface area contributed by atoms with E-state index in [4.69, 9.17) is 16.3 Å². The Bertz CT molecular complexity index is 1130. The van der Waals surface area contributed by atoms with Crippen LogP contribution in [0.25, 0.3) is 22.4 Å². The normalized spacial score (nSPS) is 23.4. The first-order valence-electron chi connectivity index (χ1n) is 10.9. The zero-order valence-corrected chi connectivity index (χ0v) is 18.2. The second-order valence-corrected chi connectivity index (χ2v) is 8.79. The third kappa shape index (κ3) is 4.40. The van der Waals surface area contributed by atoms with Gasteiger partial charge in [0.2, 0.25) is 5.91 Å². The second kappa shape index (κ2) is 8.99. The van der Waals surface area contributed by atoms with Crippen molar-refractivity contribution in [2.45, 2.75) is 56.7 Å². The molecule has 1 saturated carbocycles. The van der Waals surface area contributed by atoms with Crippen LogP contribution in [-0.4, -0.2) is 50.6 Å². The Kier molecular flexibility index (Phi) is 5.93. The van der Waals surface area contributed by atoms with E-state index in [1.54, 1.807) is 18.5 Å². The average molecular weight is 459 g/mol. The lowest BCUT2D eigenvalue weighted by Crippen LogP contribution is -2.45. The molecule has 1 amide bonds. The van der Waals surface area contributed by atoms with Crippen LogP contribution in [0.4, 0.5) is 10.2 Å². The van der Waals surface area contributed by atoms with E-state index in [2.05, 4.69) is 30.6 Å². The Morgan fingerprint density at radius 2 is 2.06 bits per heavy atom. The summed E-state index contributed by atoms with van der Waals surface area (Å²) in [4.78, 5) is 28.3. The Morgan fingerprint density at radius 1 is 1.19 bits per heavy atom. The van der Waals surface area contributed by atoms with Crippen molar-refractivity contribution in [1.29, 1.82) is 0 Å². The third-order valence-electron chi connectivity index (χ3n) is 6.07. The molecule has 10 heteroatoms. The number of carbonyl (C=O) groups is 1. The molecule has 0 bridgehead atoms. The Balaban J connectivity index is 1.30. The summed E-state index contributed by atoms with van der Waals surface area (Å²) in [5.41, 5.74) is 1.35. The molecule has 2 aliphatic rings. The molecule has 32 heavy (non-hydrogen) atoms. The van der Waals surface area contributed by atoms with Crippen LogP contribution >= 0.6 is 11.6 Å². The number of carbonyl (C=O) groups excluding carboxylic acids is 1. The molecule has 5 rings (SSSR count). The van der Waals surface area contributed by atoms with E-state index < -0.39 is 5.82 Å². The van der Waals surface area contributed by atoms with Crippen molar-refractivity contribution in [3.8, 4) is 11.4 Å². The van der Waals surface area contributed by atoms with Gasteiger partial charge in [-0.25, -0.2) is 19.3 Å². The van der Waals surface area contributed by atoms with E-state index in [9.17, 15) is 9.18 Å². The van der Waals surface area contributed by atoms with Crippen molar-refractivity contribution in [3.63, 3.8) is 0 Å². The van der Waals surface area contributed by atoms with Crippen molar-refractivity contribution in [2.24, 2.45) is 0 Å². The van der Waals surface area contributed by atoms with E-state index in [0.29, 0.717) is 35.1 Å². The first-order chi connectivity index (χ1) is 15.6. The van der Waals surface area contributed by atoms with Crippen molar-refractivity contribution in [2.75, 3.05) is 11.9 Å². The van der Waals surface area contributed by atoms with Gasteiger partial charge in [0.25, 0.3) is 0 Å². The van der Waals surface area contributed by atoms with Gasteiger partial charge < -0.3 is 20.4 Å². The molecule has 168 valence electrons.